The SMILES string of the molecule is CC(=O)O.O=C(Nc1cccc(Cl)c1)C1[C@H](c2cccc(Cl)c2)CCC(=O)N1CC1CC1. The number of aliphatic carboxylic acids is 1. The van der Waals surface area contributed by atoms with Crippen LogP contribution in [0, 0.1) is 5.92 Å². The van der Waals surface area contributed by atoms with E-state index in [-0.39, 0.29) is 17.7 Å². The molecule has 2 atom stereocenters. The van der Waals surface area contributed by atoms with Crippen molar-refractivity contribution in [2.24, 2.45) is 5.92 Å². The third-order valence-corrected chi connectivity index (χ3v) is 5.97. The van der Waals surface area contributed by atoms with E-state index in [0.717, 1.165) is 25.3 Å². The lowest BCUT2D eigenvalue weighted by Crippen LogP contribution is -2.54. The highest BCUT2D eigenvalue weighted by molar-refractivity contribution is 6.31. The molecular formula is C24H26Cl2N2O4. The molecule has 6 nitrogen and oxygen atoms in total. The number of anilines is 1. The van der Waals surface area contributed by atoms with Gasteiger partial charge in [0.15, 0.2) is 0 Å². The molecule has 2 fully saturated rings. The van der Waals surface area contributed by atoms with Gasteiger partial charge in [0, 0.05) is 41.5 Å². The monoisotopic (exact) mass is 476 g/mol. The summed E-state index contributed by atoms with van der Waals surface area (Å²) in [5.74, 6) is -0.546. The van der Waals surface area contributed by atoms with Gasteiger partial charge < -0.3 is 15.3 Å². The third kappa shape index (κ3) is 6.71. The number of carboxylic acid groups (broad SMARTS) is 1. The Labute approximate surface area is 197 Å². The summed E-state index contributed by atoms with van der Waals surface area (Å²) < 4.78 is 0. The molecule has 2 amide bonds. The molecule has 1 unspecified atom stereocenters. The van der Waals surface area contributed by atoms with Crippen molar-refractivity contribution in [3.05, 3.63) is 64.1 Å². The van der Waals surface area contributed by atoms with Crippen LogP contribution in [0.4, 0.5) is 5.69 Å². The van der Waals surface area contributed by atoms with E-state index in [4.69, 9.17) is 33.1 Å². The first-order valence-corrected chi connectivity index (χ1v) is 11.3. The number of hydrogen-bond acceptors (Lipinski definition) is 3. The highest BCUT2D eigenvalue weighted by Gasteiger charge is 2.43. The Balaban J connectivity index is 0.000000668. The molecule has 8 heteroatoms. The summed E-state index contributed by atoms with van der Waals surface area (Å²) in [5.41, 5.74) is 1.62. The van der Waals surface area contributed by atoms with Crippen LogP contribution in [0.3, 0.4) is 0 Å². The van der Waals surface area contributed by atoms with Gasteiger partial charge in [-0.15, -0.1) is 0 Å². The number of rotatable bonds is 5. The molecule has 0 aromatic heterocycles. The maximum absolute atomic E-state index is 13.3. The molecule has 0 radical (unpaired) electrons. The van der Waals surface area contributed by atoms with E-state index in [1.165, 1.54) is 0 Å². The van der Waals surface area contributed by atoms with Gasteiger partial charge in [-0.05, 0) is 61.1 Å². The number of carboxylic acids is 1. The second-order valence-electron chi connectivity index (χ2n) is 8.15. The maximum atomic E-state index is 13.3. The predicted octanol–water partition coefficient (Wildman–Crippen LogP) is 5.21. The molecule has 1 aliphatic carbocycles. The minimum atomic E-state index is -0.833. The first-order valence-electron chi connectivity index (χ1n) is 10.6. The Kier molecular flexibility index (Phi) is 8.15. The van der Waals surface area contributed by atoms with Gasteiger partial charge in [0.25, 0.3) is 5.97 Å². The number of hydrogen-bond donors (Lipinski definition) is 2. The van der Waals surface area contributed by atoms with Crippen LogP contribution in [0.15, 0.2) is 48.5 Å². The minimum Gasteiger partial charge on any atom is -0.481 e. The molecule has 170 valence electrons. The van der Waals surface area contributed by atoms with Crippen LogP contribution in [0.25, 0.3) is 0 Å². The van der Waals surface area contributed by atoms with Crippen LogP contribution in [0.2, 0.25) is 10.0 Å². The van der Waals surface area contributed by atoms with E-state index in [9.17, 15) is 9.59 Å². The van der Waals surface area contributed by atoms with Gasteiger partial charge in [0.2, 0.25) is 11.8 Å². The average Bonchev–Trinajstić information content (AvgIpc) is 3.53. The Morgan fingerprint density at radius 3 is 2.28 bits per heavy atom. The zero-order valence-corrected chi connectivity index (χ0v) is 19.3. The van der Waals surface area contributed by atoms with E-state index in [1.54, 1.807) is 29.2 Å². The van der Waals surface area contributed by atoms with Crippen LogP contribution in [0.1, 0.15) is 44.1 Å². The Morgan fingerprint density at radius 1 is 1.06 bits per heavy atom. The highest BCUT2D eigenvalue weighted by Crippen LogP contribution is 2.38. The molecule has 2 N–H and O–H groups in total. The molecule has 1 heterocycles. The number of nitrogens with one attached hydrogen (secondary N) is 1. The molecule has 1 saturated heterocycles. The lowest BCUT2D eigenvalue weighted by molar-refractivity contribution is -0.143. The fourth-order valence-electron chi connectivity index (χ4n) is 3.94. The van der Waals surface area contributed by atoms with Crippen molar-refractivity contribution in [3.8, 4) is 0 Å². The van der Waals surface area contributed by atoms with Crippen molar-refractivity contribution in [1.29, 1.82) is 0 Å². The molecule has 32 heavy (non-hydrogen) atoms. The second-order valence-corrected chi connectivity index (χ2v) is 9.03. The van der Waals surface area contributed by atoms with Crippen molar-refractivity contribution in [2.75, 3.05) is 11.9 Å². The van der Waals surface area contributed by atoms with Gasteiger partial charge in [0.1, 0.15) is 6.04 Å². The molecule has 1 aliphatic heterocycles. The highest BCUT2D eigenvalue weighted by atomic mass is 35.5. The lowest BCUT2D eigenvalue weighted by Gasteiger charge is -2.40. The van der Waals surface area contributed by atoms with Crippen LogP contribution >= 0.6 is 23.2 Å². The zero-order chi connectivity index (χ0) is 23.3. The number of nitrogens with zero attached hydrogens (tertiary/aromatic N) is 1. The van der Waals surface area contributed by atoms with E-state index in [2.05, 4.69) is 5.32 Å². The van der Waals surface area contributed by atoms with Crippen molar-refractivity contribution in [3.63, 3.8) is 0 Å². The smallest absolute Gasteiger partial charge is 0.300 e. The maximum Gasteiger partial charge on any atom is 0.300 e. The summed E-state index contributed by atoms with van der Waals surface area (Å²) in [5, 5.41) is 11.6. The third-order valence-electron chi connectivity index (χ3n) is 5.50. The molecule has 2 aromatic rings. The predicted molar refractivity (Wildman–Crippen MR) is 125 cm³/mol. The lowest BCUT2D eigenvalue weighted by atomic mass is 9.82. The minimum absolute atomic E-state index is 0.0522. The topological polar surface area (TPSA) is 86.7 Å². The number of carbonyl (C=O) groups excluding carboxylic acids is 2. The van der Waals surface area contributed by atoms with Gasteiger partial charge in [0.05, 0.1) is 0 Å². The van der Waals surface area contributed by atoms with Crippen LogP contribution in [0.5, 0.6) is 0 Å². The number of likely N-dealkylation sites (tertiary alicyclic amines) is 1. The van der Waals surface area contributed by atoms with Crippen molar-refractivity contribution in [2.45, 2.75) is 44.6 Å². The Hall–Kier alpha value is -2.57. The molecule has 0 spiro atoms. The number of halogens is 2. The summed E-state index contributed by atoms with van der Waals surface area (Å²) in [6, 6.07) is 14.1. The molecule has 0 bridgehead atoms. The molecule has 4 rings (SSSR count). The van der Waals surface area contributed by atoms with Crippen LogP contribution in [-0.4, -0.2) is 40.4 Å². The van der Waals surface area contributed by atoms with Gasteiger partial charge >= 0.3 is 0 Å². The largest absolute Gasteiger partial charge is 0.481 e. The van der Waals surface area contributed by atoms with Crippen LogP contribution in [-0.2, 0) is 14.4 Å². The van der Waals surface area contributed by atoms with E-state index >= 15 is 0 Å². The molecule has 2 aromatic carbocycles. The summed E-state index contributed by atoms with van der Waals surface area (Å²) in [4.78, 5) is 36.8. The quantitative estimate of drug-likeness (QED) is 0.619. The average molecular weight is 477 g/mol. The summed E-state index contributed by atoms with van der Waals surface area (Å²) in [6.07, 6.45) is 3.32. The van der Waals surface area contributed by atoms with Crippen molar-refractivity contribution < 1.29 is 19.5 Å². The van der Waals surface area contributed by atoms with Gasteiger partial charge in [-0.2, -0.15) is 0 Å². The van der Waals surface area contributed by atoms with Crippen molar-refractivity contribution >= 4 is 46.7 Å². The fourth-order valence-corrected chi connectivity index (χ4v) is 4.33. The van der Waals surface area contributed by atoms with Crippen LogP contribution < -0.4 is 5.32 Å². The normalized spacial score (nSPS) is 20.2. The summed E-state index contributed by atoms with van der Waals surface area (Å²) in [6.45, 7) is 1.73. The second kappa shape index (κ2) is 10.8. The standard InChI is InChI=1S/C22H22Cl2N2O2.C2H4O2/c23-16-4-1-3-15(11-16)19-9-10-20(27)26(13-14-7-8-14)21(19)22(28)25-18-6-2-5-17(24)12-18;1-2(3)4/h1-6,11-12,14,19,21H,7-10,13H2,(H,25,28);1H3,(H,3,4)/t19-,21?;/m0./s1. The van der Waals surface area contributed by atoms with Crippen molar-refractivity contribution in [1.82, 2.24) is 4.90 Å². The first-order chi connectivity index (χ1) is 15.2. The number of benzene rings is 2. The zero-order valence-electron chi connectivity index (χ0n) is 17.8. The molecule has 2 aliphatic rings. The van der Waals surface area contributed by atoms with E-state index in [0.29, 0.717) is 41.0 Å². The summed E-state index contributed by atoms with van der Waals surface area (Å²) in [7, 11) is 0. The van der Waals surface area contributed by atoms with Gasteiger partial charge in [-0.3, -0.25) is 14.4 Å². The van der Waals surface area contributed by atoms with Gasteiger partial charge in [-0.25, -0.2) is 0 Å². The van der Waals surface area contributed by atoms with E-state index < -0.39 is 12.0 Å². The Morgan fingerprint density at radius 2 is 1.69 bits per heavy atom. The number of amides is 2. The number of carbonyl (C=O) groups is 3. The summed E-state index contributed by atoms with van der Waals surface area (Å²) >= 11 is 12.3. The first kappa shape index (κ1) is 24.1. The fraction of sp³-hybridized carbons (Fsp3) is 0.375. The van der Waals surface area contributed by atoms with E-state index in [1.807, 2.05) is 24.3 Å². The molecule has 1 saturated carbocycles. The van der Waals surface area contributed by atoms with Gasteiger partial charge in [-0.1, -0.05) is 41.4 Å². The number of piperidine rings is 1. The Bertz CT molecular complexity index is 989. The molecular weight excluding hydrogens is 451 g/mol.